The average Bonchev–Trinajstić information content (AvgIpc) is 3.71. The van der Waals surface area contributed by atoms with Crippen LogP contribution >= 0.6 is 0 Å². The maximum absolute atomic E-state index is 6.54. The molecule has 0 amide bonds. The van der Waals surface area contributed by atoms with E-state index < -0.39 is 0 Å². The first-order valence-electron chi connectivity index (χ1n) is 17.6. The number of hydrogen-bond donors (Lipinski definition) is 0. The van der Waals surface area contributed by atoms with Crippen molar-refractivity contribution < 1.29 is 25.8 Å². The molecule has 2 aromatic heterocycles. The van der Waals surface area contributed by atoms with Crippen LogP contribution in [0.4, 0.5) is 22.7 Å². The summed E-state index contributed by atoms with van der Waals surface area (Å²) in [5.74, 6) is 2.07. The summed E-state index contributed by atoms with van der Waals surface area (Å²) in [5.41, 5.74) is 11.0. The molecule has 0 atom stereocenters. The van der Waals surface area contributed by atoms with Crippen molar-refractivity contribution in [3.05, 3.63) is 176 Å². The molecule has 0 saturated carbocycles. The van der Waals surface area contributed by atoms with Gasteiger partial charge in [-0.3, -0.25) is 0 Å². The third kappa shape index (κ3) is 6.19. The van der Waals surface area contributed by atoms with Gasteiger partial charge < -0.3 is 19.1 Å². The van der Waals surface area contributed by atoms with Gasteiger partial charge in [-0.2, -0.15) is 12.1 Å². The Morgan fingerprint density at radius 3 is 2.15 bits per heavy atom. The molecule has 5 nitrogen and oxygen atoms in total. The Hall–Kier alpha value is -5.64. The van der Waals surface area contributed by atoms with Gasteiger partial charge in [-0.05, 0) is 70.8 Å². The SMILES string of the molecule is Cc1cccc(N2[CH-]N(c3[c-]c(Oc4[c-]c5c(cc4)c4ccccc4n5-c4cc(C(C)(C)C)ccn4)ccc3)c3ccccc32)c1-c1ccccc1.[Pt]. The predicted molar refractivity (Wildman–Crippen MR) is 213 cm³/mol. The summed E-state index contributed by atoms with van der Waals surface area (Å²) in [6.07, 6.45) is 1.90. The molecule has 8 aromatic rings. The van der Waals surface area contributed by atoms with Gasteiger partial charge in [-0.25, -0.2) is 4.98 Å². The summed E-state index contributed by atoms with van der Waals surface area (Å²) < 4.78 is 8.73. The van der Waals surface area contributed by atoms with E-state index in [4.69, 9.17) is 9.72 Å². The van der Waals surface area contributed by atoms with Crippen LogP contribution in [0.25, 0.3) is 38.8 Å². The smallest absolute Gasteiger partial charge is 0.135 e. The van der Waals surface area contributed by atoms with Crippen LogP contribution in [-0.4, -0.2) is 9.55 Å². The van der Waals surface area contributed by atoms with Gasteiger partial charge in [0.15, 0.2) is 0 Å². The molecule has 264 valence electrons. The van der Waals surface area contributed by atoms with E-state index in [1.807, 2.05) is 24.4 Å². The summed E-state index contributed by atoms with van der Waals surface area (Å²) in [7, 11) is 0. The number of nitrogens with zero attached hydrogens (tertiary/aromatic N) is 4. The first-order chi connectivity index (χ1) is 25.3. The van der Waals surface area contributed by atoms with Gasteiger partial charge in [0.1, 0.15) is 5.82 Å². The molecular weight excluding hydrogens is 832 g/mol. The Morgan fingerprint density at radius 1 is 0.642 bits per heavy atom. The molecular formula is C47H37N4OPt-3. The number of pyridine rings is 1. The van der Waals surface area contributed by atoms with Crippen molar-refractivity contribution in [1.82, 2.24) is 9.55 Å². The largest absolute Gasteiger partial charge is 0.509 e. The van der Waals surface area contributed by atoms with Crippen molar-refractivity contribution in [3.8, 4) is 28.4 Å². The van der Waals surface area contributed by atoms with Crippen LogP contribution in [-0.2, 0) is 26.5 Å². The topological polar surface area (TPSA) is 33.5 Å². The van der Waals surface area contributed by atoms with Crippen molar-refractivity contribution in [2.75, 3.05) is 9.80 Å². The van der Waals surface area contributed by atoms with E-state index in [9.17, 15) is 0 Å². The quantitative estimate of drug-likeness (QED) is 0.156. The summed E-state index contributed by atoms with van der Waals surface area (Å²) in [5, 5.41) is 2.24. The van der Waals surface area contributed by atoms with E-state index in [1.165, 1.54) is 22.3 Å². The van der Waals surface area contributed by atoms with Crippen LogP contribution in [0.3, 0.4) is 0 Å². The second-order valence-corrected chi connectivity index (χ2v) is 14.3. The van der Waals surface area contributed by atoms with Gasteiger partial charge >= 0.3 is 0 Å². The van der Waals surface area contributed by atoms with Gasteiger partial charge in [-0.1, -0.05) is 99.1 Å². The monoisotopic (exact) mass is 868 g/mol. The van der Waals surface area contributed by atoms with Crippen LogP contribution in [0, 0.1) is 25.7 Å². The molecule has 0 N–H and O–H groups in total. The summed E-state index contributed by atoms with van der Waals surface area (Å²) in [6, 6.07) is 55.6. The van der Waals surface area contributed by atoms with Crippen molar-refractivity contribution in [3.63, 3.8) is 0 Å². The molecule has 1 aliphatic heterocycles. The van der Waals surface area contributed by atoms with Crippen LogP contribution in [0.1, 0.15) is 31.9 Å². The maximum atomic E-state index is 6.54. The minimum Gasteiger partial charge on any atom is -0.509 e. The molecule has 6 heteroatoms. The molecule has 1 aliphatic rings. The molecule has 9 rings (SSSR count). The molecule has 0 aliphatic carbocycles. The Kier molecular flexibility index (Phi) is 8.92. The number of hydrogen-bond acceptors (Lipinski definition) is 4. The van der Waals surface area contributed by atoms with E-state index in [0.717, 1.165) is 50.4 Å². The number of aryl methyl sites for hydroxylation is 1. The molecule has 0 bridgehead atoms. The van der Waals surface area contributed by atoms with E-state index in [2.05, 4.69) is 182 Å². The predicted octanol–water partition coefficient (Wildman–Crippen LogP) is 12.3. The van der Waals surface area contributed by atoms with Crippen molar-refractivity contribution in [2.45, 2.75) is 33.1 Å². The van der Waals surface area contributed by atoms with Gasteiger partial charge in [0.05, 0.1) is 0 Å². The van der Waals surface area contributed by atoms with E-state index in [1.54, 1.807) is 0 Å². The second-order valence-electron chi connectivity index (χ2n) is 14.3. The third-order valence-electron chi connectivity index (χ3n) is 9.83. The Bertz CT molecular complexity index is 2610. The zero-order valence-electron chi connectivity index (χ0n) is 29.9. The maximum Gasteiger partial charge on any atom is 0.135 e. The fraction of sp³-hybridized carbons (Fsp3) is 0.106. The molecule has 6 aromatic carbocycles. The number of rotatable bonds is 6. The number of para-hydroxylation sites is 3. The fourth-order valence-corrected chi connectivity index (χ4v) is 7.26. The number of fused-ring (bicyclic) bond motifs is 4. The second kappa shape index (κ2) is 13.7. The van der Waals surface area contributed by atoms with Crippen molar-refractivity contribution in [1.29, 1.82) is 0 Å². The van der Waals surface area contributed by atoms with Gasteiger partial charge in [0.2, 0.25) is 0 Å². The summed E-state index contributed by atoms with van der Waals surface area (Å²) >= 11 is 0. The first-order valence-corrected chi connectivity index (χ1v) is 17.6. The van der Waals surface area contributed by atoms with Crippen LogP contribution in [0.15, 0.2) is 146 Å². The average molecular weight is 869 g/mol. The minimum atomic E-state index is -0.0101. The number of aromatic nitrogens is 2. The number of ether oxygens (including phenoxy) is 1. The van der Waals surface area contributed by atoms with Crippen molar-refractivity contribution >= 4 is 44.6 Å². The molecule has 0 fully saturated rings. The van der Waals surface area contributed by atoms with Gasteiger partial charge in [-0.15, -0.1) is 48.1 Å². The molecule has 0 saturated heterocycles. The normalized spacial score (nSPS) is 12.6. The summed E-state index contributed by atoms with van der Waals surface area (Å²) in [4.78, 5) is 9.27. The van der Waals surface area contributed by atoms with E-state index in [0.29, 0.717) is 11.5 Å². The number of benzene rings is 6. The Morgan fingerprint density at radius 2 is 1.34 bits per heavy atom. The molecule has 0 spiro atoms. The molecule has 53 heavy (non-hydrogen) atoms. The minimum absolute atomic E-state index is 0. The van der Waals surface area contributed by atoms with E-state index in [-0.39, 0.29) is 26.5 Å². The standard InChI is InChI=1S/C47H37N4O.Pt/c1-32-14-12-23-43(46(32)33-15-6-5-7-16-33)50-31-49(41-21-10-11-22-42(41)50)35-17-13-18-36(29-35)52-37-24-25-39-38-19-8-9-20-40(38)51(44(39)30-37)45-28-34(26-27-48-45)47(2,3)4;/h5-28,31H,1-4H3;/q-3;. The Labute approximate surface area is 325 Å². The molecule has 0 unspecified atom stereocenters. The van der Waals surface area contributed by atoms with Crippen molar-refractivity contribution in [2.24, 2.45) is 0 Å². The van der Waals surface area contributed by atoms with Gasteiger partial charge in [0, 0.05) is 66.9 Å². The van der Waals surface area contributed by atoms with Crippen LogP contribution in [0.5, 0.6) is 11.5 Å². The Balaban J connectivity index is 0.00000400. The molecule has 0 radical (unpaired) electrons. The van der Waals surface area contributed by atoms with Gasteiger partial charge in [0.25, 0.3) is 0 Å². The summed E-state index contributed by atoms with van der Waals surface area (Å²) in [6.45, 7) is 11.0. The third-order valence-corrected chi connectivity index (χ3v) is 9.83. The first kappa shape index (κ1) is 34.4. The van der Waals surface area contributed by atoms with E-state index >= 15 is 0 Å². The fourth-order valence-electron chi connectivity index (χ4n) is 7.26. The zero-order valence-corrected chi connectivity index (χ0v) is 32.2. The molecule has 3 heterocycles. The number of anilines is 4. The van der Waals surface area contributed by atoms with Crippen LogP contribution in [0.2, 0.25) is 0 Å². The van der Waals surface area contributed by atoms with Crippen LogP contribution < -0.4 is 14.5 Å². The zero-order chi connectivity index (χ0) is 35.4.